The molecular formula is C3H12MgO3P+. The molecule has 0 aromatic carbocycles. The van der Waals surface area contributed by atoms with E-state index < -0.39 is 13.6 Å². The summed E-state index contributed by atoms with van der Waals surface area (Å²) >= 11 is 0. The molecule has 0 unspecified atom stereocenters. The molecule has 0 aromatic rings. The third-order valence-electron chi connectivity index (χ3n) is 0.693. The molecule has 0 aliphatic rings. The largest absolute Gasteiger partial charge is 2.00 e. The Labute approximate surface area is 68.4 Å². The molecule has 0 aliphatic carbocycles. The van der Waals surface area contributed by atoms with Crippen LogP contribution in [-0.4, -0.2) is 43.4 Å². The second-order valence-corrected chi connectivity index (χ2v) is 3.97. The summed E-state index contributed by atoms with van der Waals surface area (Å²) in [5.41, 5.74) is -0.424. The summed E-state index contributed by atoms with van der Waals surface area (Å²) in [5, 5.41) is 0. The summed E-state index contributed by atoms with van der Waals surface area (Å²) in [5.74, 6) is 0. The van der Waals surface area contributed by atoms with Crippen molar-refractivity contribution in [2.45, 2.75) is 19.5 Å². The number of hydrogen-bond donors (Lipinski definition) is 3. The minimum atomic E-state index is -3.49. The Bertz CT molecular complexity index is 67.3. The molecule has 3 nitrogen and oxygen atoms in total. The molecule has 8 heavy (non-hydrogen) atoms. The van der Waals surface area contributed by atoms with Gasteiger partial charge in [0.2, 0.25) is 0 Å². The predicted molar refractivity (Wildman–Crippen MR) is 36.7 cm³/mol. The molecule has 0 aromatic heterocycles. The van der Waals surface area contributed by atoms with Crippen molar-refractivity contribution in [3.8, 4) is 0 Å². The molecule has 0 atom stereocenters. The van der Waals surface area contributed by atoms with Gasteiger partial charge in [-0.1, -0.05) is 0 Å². The van der Waals surface area contributed by atoms with Gasteiger partial charge in [-0.05, 0) is 13.8 Å². The average molecular weight is 151 g/mol. The normalized spacial score (nSPS) is 11.2. The Morgan fingerprint density at radius 3 is 1.38 bits per heavy atom. The molecule has 0 radical (unpaired) electrons. The monoisotopic (exact) mass is 151 g/mol. The maximum atomic E-state index is 8.32. The first kappa shape index (κ1) is 11.8. The molecule has 0 saturated heterocycles. The zero-order valence-corrected chi connectivity index (χ0v) is 7.38. The Hall–Kier alpha value is 1.08. The number of rotatable bonds is 1. The molecule has 0 fully saturated rings. The SMILES string of the molecule is CC(C)[P+](O)(O)O.[H-].[H-].[Mg+2]. The van der Waals surface area contributed by atoms with E-state index in [0.29, 0.717) is 0 Å². The average Bonchev–Trinajstić information content (AvgIpc) is 1.31. The van der Waals surface area contributed by atoms with Gasteiger partial charge in [-0.25, -0.2) is 0 Å². The Kier molecular flexibility index (Phi) is 5.89. The molecule has 0 rings (SSSR count). The molecule has 3 N–H and O–H groups in total. The van der Waals surface area contributed by atoms with E-state index in [2.05, 4.69) is 0 Å². The Morgan fingerprint density at radius 2 is 1.38 bits per heavy atom. The van der Waals surface area contributed by atoms with Crippen molar-refractivity contribution in [3.05, 3.63) is 0 Å². The van der Waals surface area contributed by atoms with E-state index >= 15 is 0 Å². The topological polar surface area (TPSA) is 60.7 Å². The molecule has 0 amide bonds. The summed E-state index contributed by atoms with van der Waals surface area (Å²) in [7, 11) is -3.49. The molecule has 48 valence electrons. The van der Waals surface area contributed by atoms with E-state index in [1.54, 1.807) is 13.8 Å². The van der Waals surface area contributed by atoms with Gasteiger partial charge in [-0.15, -0.1) is 0 Å². The first-order valence-corrected chi connectivity index (χ1v) is 3.73. The summed E-state index contributed by atoms with van der Waals surface area (Å²) in [4.78, 5) is 25.0. The molecular weight excluding hydrogens is 139 g/mol. The molecule has 0 saturated carbocycles. The van der Waals surface area contributed by atoms with Gasteiger partial charge in [0, 0.05) is 0 Å². The van der Waals surface area contributed by atoms with E-state index in [0.717, 1.165) is 0 Å². The molecule has 0 spiro atoms. The fourth-order valence-corrected chi connectivity index (χ4v) is 0. The van der Waals surface area contributed by atoms with Crippen molar-refractivity contribution in [1.82, 2.24) is 0 Å². The van der Waals surface area contributed by atoms with Crippen LogP contribution < -0.4 is 0 Å². The standard InChI is InChI=1S/C3H10O3P.Mg.2H/c1-3(2)7(4,5)6;;;/h3-6H,1-2H3;;;/q+1;+2;2*-1. The van der Waals surface area contributed by atoms with Crippen molar-refractivity contribution >= 4 is 31.0 Å². The van der Waals surface area contributed by atoms with Crippen LogP contribution >= 0.6 is 7.94 Å². The minimum absolute atomic E-state index is 0. The van der Waals surface area contributed by atoms with Crippen molar-refractivity contribution in [2.24, 2.45) is 0 Å². The van der Waals surface area contributed by atoms with Gasteiger partial charge in [-0.2, -0.15) is 14.7 Å². The number of hydrogen-bond acceptors (Lipinski definition) is 3. The minimum Gasteiger partial charge on any atom is -1.00 e. The maximum absolute atomic E-state index is 8.32. The van der Waals surface area contributed by atoms with E-state index in [9.17, 15) is 0 Å². The van der Waals surface area contributed by atoms with Gasteiger partial charge in [-0.3, -0.25) is 0 Å². The third kappa shape index (κ3) is 5.22. The third-order valence-corrected chi connectivity index (χ3v) is 2.08. The summed E-state index contributed by atoms with van der Waals surface area (Å²) < 4.78 is 0. The van der Waals surface area contributed by atoms with E-state index in [1.165, 1.54) is 0 Å². The molecule has 0 bridgehead atoms. The van der Waals surface area contributed by atoms with E-state index in [1.807, 2.05) is 0 Å². The van der Waals surface area contributed by atoms with Gasteiger partial charge in [0.05, 0.1) is 0 Å². The maximum Gasteiger partial charge on any atom is 2.00 e. The summed E-state index contributed by atoms with van der Waals surface area (Å²) in [6.45, 7) is 3.10. The van der Waals surface area contributed by atoms with Crippen molar-refractivity contribution in [1.29, 1.82) is 0 Å². The van der Waals surface area contributed by atoms with Crippen molar-refractivity contribution in [2.75, 3.05) is 0 Å². The van der Waals surface area contributed by atoms with Crippen LogP contribution in [-0.2, 0) is 0 Å². The van der Waals surface area contributed by atoms with Gasteiger partial charge in [0.25, 0.3) is 0 Å². The van der Waals surface area contributed by atoms with Gasteiger partial charge < -0.3 is 2.85 Å². The fraction of sp³-hybridized carbons (Fsp3) is 1.00. The predicted octanol–water partition coefficient (Wildman–Crippen LogP) is -0.0215. The van der Waals surface area contributed by atoms with Crippen LogP contribution in [0.1, 0.15) is 16.7 Å². The van der Waals surface area contributed by atoms with Crippen molar-refractivity contribution < 1.29 is 17.5 Å². The molecule has 0 heterocycles. The molecule has 5 heteroatoms. The first-order valence-electron chi connectivity index (χ1n) is 2.01. The summed E-state index contributed by atoms with van der Waals surface area (Å²) in [6, 6.07) is 0. The van der Waals surface area contributed by atoms with E-state index in [-0.39, 0.29) is 25.9 Å². The molecule has 0 aliphatic heterocycles. The van der Waals surface area contributed by atoms with Crippen LogP contribution in [0.2, 0.25) is 0 Å². The van der Waals surface area contributed by atoms with Gasteiger partial charge in [0.15, 0.2) is 0 Å². The van der Waals surface area contributed by atoms with Crippen LogP contribution in [0.3, 0.4) is 0 Å². The van der Waals surface area contributed by atoms with Crippen LogP contribution in [0.25, 0.3) is 0 Å². The first-order chi connectivity index (χ1) is 2.94. The van der Waals surface area contributed by atoms with Crippen LogP contribution in [0.5, 0.6) is 0 Å². The second-order valence-electron chi connectivity index (χ2n) is 1.71. The quantitative estimate of drug-likeness (QED) is 0.365. The smallest absolute Gasteiger partial charge is 1.00 e. The van der Waals surface area contributed by atoms with Gasteiger partial charge >= 0.3 is 31.0 Å². The van der Waals surface area contributed by atoms with Crippen LogP contribution in [0.15, 0.2) is 0 Å². The van der Waals surface area contributed by atoms with Crippen LogP contribution in [0, 0.1) is 0 Å². The second kappa shape index (κ2) is 3.98. The Balaban J connectivity index is -0.0000000600. The fourth-order valence-electron chi connectivity index (χ4n) is 0. The van der Waals surface area contributed by atoms with Crippen molar-refractivity contribution in [3.63, 3.8) is 0 Å². The van der Waals surface area contributed by atoms with E-state index in [4.69, 9.17) is 14.7 Å². The Morgan fingerprint density at radius 1 is 1.25 bits per heavy atom. The zero-order valence-electron chi connectivity index (χ0n) is 7.07. The zero-order chi connectivity index (χ0) is 6.08. The van der Waals surface area contributed by atoms with Gasteiger partial charge in [0.1, 0.15) is 5.66 Å². The summed E-state index contributed by atoms with van der Waals surface area (Å²) in [6.07, 6.45) is 0. The van der Waals surface area contributed by atoms with Crippen LogP contribution in [0.4, 0.5) is 0 Å².